The van der Waals surface area contributed by atoms with Gasteiger partial charge < -0.3 is 10.2 Å². The van der Waals surface area contributed by atoms with Crippen LogP contribution in [0, 0.1) is 5.92 Å². The number of benzene rings is 1. The molecule has 5 heteroatoms. The Morgan fingerprint density at radius 2 is 1.90 bits per heavy atom. The van der Waals surface area contributed by atoms with E-state index in [-0.39, 0.29) is 0 Å². The standard InChI is InChI=1S/C16H23F3N2/c1-12(2)10-21(11-14-4-3-9-20-14)15-7-5-13(6-8-15)16(17,18)19/h5-8,12,14,20H,3-4,9-11H2,1-2H3. The molecule has 0 saturated carbocycles. The highest BCUT2D eigenvalue weighted by molar-refractivity contribution is 5.48. The van der Waals surface area contributed by atoms with Crippen molar-refractivity contribution < 1.29 is 13.2 Å². The number of halogens is 3. The van der Waals surface area contributed by atoms with Crippen LogP contribution in [0.2, 0.25) is 0 Å². The number of rotatable bonds is 5. The first kappa shape index (κ1) is 16.1. The maximum absolute atomic E-state index is 12.6. The van der Waals surface area contributed by atoms with Crippen LogP contribution in [-0.4, -0.2) is 25.7 Å². The molecule has 1 N–H and O–H groups in total. The molecule has 0 spiro atoms. The second kappa shape index (κ2) is 6.69. The van der Waals surface area contributed by atoms with Crippen molar-refractivity contribution in [2.45, 2.75) is 38.9 Å². The Morgan fingerprint density at radius 3 is 2.38 bits per heavy atom. The topological polar surface area (TPSA) is 15.3 Å². The molecule has 1 aliphatic rings. The lowest BCUT2D eigenvalue weighted by Crippen LogP contribution is -2.39. The van der Waals surface area contributed by atoms with Gasteiger partial charge in [0.2, 0.25) is 0 Å². The maximum atomic E-state index is 12.6. The molecular weight excluding hydrogens is 277 g/mol. The van der Waals surface area contributed by atoms with E-state index in [2.05, 4.69) is 24.1 Å². The zero-order valence-electron chi connectivity index (χ0n) is 12.6. The fraction of sp³-hybridized carbons (Fsp3) is 0.625. The van der Waals surface area contributed by atoms with Crippen molar-refractivity contribution in [3.63, 3.8) is 0 Å². The number of alkyl halides is 3. The summed E-state index contributed by atoms with van der Waals surface area (Å²) in [7, 11) is 0. The molecule has 118 valence electrons. The van der Waals surface area contributed by atoms with Gasteiger partial charge in [-0.25, -0.2) is 0 Å². The first-order chi connectivity index (χ1) is 9.86. The van der Waals surface area contributed by atoms with E-state index in [0.717, 1.165) is 31.7 Å². The van der Waals surface area contributed by atoms with Crippen LogP contribution < -0.4 is 10.2 Å². The van der Waals surface area contributed by atoms with Crippen molar-refractivity contribution in [2.75, 3.05) is 24.5 Å². The fourth-order valence-electron chi connectivity index (χ4n) is 2.77. The largest absolute Gasteiger partial charge is 0.416 e. The molecule has 1 unspecified atom stereocenters. The molecule has 1 atom stereocenters. The zero-order valence-corrected chi connectivity index (χ0v) is 12.6. The highest BCUT2D eigenvalue weighted by Crippen LogP contribution is 2.30. The Kier molecular flexibility index (Phi) is 5.14. The smallest absolute Gasteiger partial charge is 0.370 e. The molecule has 21 heavy (non-hydrogen) atoms. The second-order valence-electron chi connectivity index (χ2n) is 6.14. The molecular formula is C16H23F3N2. The second-order valence-corrected chi connectivity index (χ2v) is 6.14. The van der Waals surface area contributed by atoms with E-state index in [1.54, 1.807) is 12.1 Å². The van der Waals surface area contributed by atoms with E-state index >= 15 is 0 Å². The number of nitrogens with one attached hydrogen (secondary N) is 1. The minimum absolute atomic E-state index is 0.436. The van der Waals surface area contributed by atoms with Gasteiger partial charge in [-0.1, -0.05) is 13.8 Å². The van der Waals surface area contributed by atoms with E-state index in [1.165, 1.54) is 18.6 Å². The molecule has 0 aromatic heterocycles. The van der Waals surface area contributed by atoms with Gasteiger partial charge >= 0.3 is 6.18 Å². The van der Waals surface area contributed by atoms with E-state index < -0.39 is 11.7 Å². The summed E-state index contributed by atoms with van der Waals surface area (Å²) in [6.45, 7) is 6.98. The van der Waals surface area contributed by atoms with Crippen LogP contribution >= 0.6 is 0 Å². The van der Waals surface area contributed by atoms with Crippen LogP contribution in [0.25, 0.3) is 0 Å². The summed E-state index contributed by atoms with van der Waals surface area (Å²) in [6.07, 6.45) is -1.96. The molecule has 1 fully saturated rings. The average Bonchev–Trinajstić information content (AvgIpc) is 2.89. The molecule has 1 aliphatic heterocycles. The predicted octanol–water partition coefficient (Wildman–Crippen LogP) is 3.92. The highest BCUT2D eigenvalue weighted by Gasteiger charge is 2.30. The monoisotopic (exact) mass is 300 g/mol. The lowest BCUT2D eigenvalue weighted by molar-refractivity contribution is -0.137. The molecule has 0 radical (unpaired) electrons. The summed E-state index contributed by atoms with van der Waals surface area (Å²) >= 11 is 0. The molecule has 1 heterocycles. The maximum Gasteiger partial charge on any atom is 0.416 e. The minimum atomic E-state index is -4.27. The van der Waals surface area contributed by atoms with Crippen molar-refractivity contribution in [3.8, 4) is 0 Å². The number of hydrogen-bond donors (Lipinski definition) is 1. The van der Waals surface area contributed by atoms with Gasteiger partial charge in [-0.3, -0.25) is 0 Å². The van der Waals surface area contributed by atoms with Crippen molar-refractivity contribution in [2.24, 2.45) is 5.92 Å². The summed E-state index contributed by atoms with van der Waals surface area (Å²) in [5, 5.41) is 3.44. The van der Waals surface area contributed by atoms with Crippen molar-refractivity contribution in [3.05, 3.63) is 29.8 Å². The third kappa shape index (κ3) is 4.63. The van der Waals surface area contributed by atoms with E-state index in [0.29, 0.717) is 12.0 Å². The summed E-state index contributed by atoms with van der Waals surface area (Å²) < 4.78 is 37.9. The van der Waals surface area contributed by atoms with Gasteiger partial charge in [0.25, 0.3) is 0 Å². The Hall–Kier alpha value is -1.23. The molecule has 1 aromatic carbocycles. The molecule has 0 amide bonds. The van der Waals surface area contributed by atoms with Gasteiger partial charge in [-0.05, 0) is 49.6 Å². The number of anilines is 1. The van der Waals surface area contributed by atoms with Crippen molar-refractivity contribution >= 4 is 5.69 Å². The first-order valence-corrected chi connectivity index (χ1v) is 7.52. The van der Waals surface area contributed by atoms with Gasteiger partial charge in [0.05, 0.1) is 5.56 Å². The Bertz CT molecular complexity index is 434. The van der Waals surface area contributed by atoms with Gasteiger partial charge in [0.15, 0.2) is 0 Å². The predicted molar refractivity (Wildman–Crippen MR) is 79.5 cm³/mol. The summed E-state index contributed by atoms with van der Waals surface area (Å²) in [5.41, 5.74) is 0.278. The van der Waals surface area contributed by atoms with Gasteiger partial charge in [0, 0.05) is 24.8 Å². The zero-order chi connectivity index (χ0) is 15.5. The van der Waals surface area contributed by atoms with Crippen LogP contribution in [0.15, 0.2) is 24.3 Å². The quantitative estimate of drug-likeness (QED) is 0.886. The number of nitrogens with zero attached hydrogens (tertiary/aromatic N) is 1. The lowest BCUT2D eigenvalue weighted by Gasteiger charge is -2.29. The molecule has 2 nitrogen and oxygen atoms in total. The summed E-state index contributed by atoms with van der Waals surface area (Å²) in [4.78, 5) is 2.19. The normalized spacial score (nSPS) is 19.2. The number of hydrogen-bond acceptors (Lipinski definition) is 2. The summed E-state index contributed by atoms with van der Waals surface area (Å²) in [5.74, 6) is 0.466. The van der Waals surface area contributed by atoms with Gasteiger partial charge in [-0.15, -0.1) is 0 Å². The molecule has 1 aromatic rings. The van der Waals surface area contributed by atoms with Crippen molar-refractivity contribution in [1.82, 2.24) is 5.32 Å². The van der Waals surface area contributed by atoms with Crippen LogP contribution in [0.4, 0.5) is 18.9 Å². The van der Waals surface area contributed by atoms with E-state index in [9.17, 15) is 13.2 Å². The average molecular weight is 300 g/mol. The van der Waals surface area contributed by atoms with Gasteiger partial charge in [0.1, 0.15) is 0 Å². The Morgan fingerprint density at radius 1 is 1.24 bits per heavy atom. The lowest BCUT2D eigenvalue weighted by atomic mass is 10.1. The molecule has 0 aliphatic carbocycles. The Labute approximate surface area is 124 Å². The first-order valence-electron chi connectivity index (χ1n) is 7.52. The van der Waals surface area contributed by atoms with Crippen LogP contribution in [0.1, 0.15) is 32.3 Å². The third-order valence-corrected chi connectivity index (χ3v) is 3.75. The van der Waals surface area contributed by atoms with Crippen molar-refractivity contribution in [1.29, 1.82) is 0 Å². The van der Waals surface area contributed by atoms with Crippen LogP contribution in [-0.2, 0) is 6.18 Å². The van der Waals surface area contributed by atoms with Crippen LogP contribution in [0.3, 0.4) is 0 Å². The molecule has 1 saturated heterocycles. The molecule has 2 rings (SSSR count). The minimum Gasteiger partial charge on any atom is -0.370 e. The fourth-order valence-corrected chi connectivity index (χ4v) is 2.77. The molecule has 0 bridgehead atoms. The van der Waals surface area contributed by atoms with E-state index in [4.69, 9.17) is 0 Å². The van der Waals surface area contributed by atoms with Crippen LogP contribution in [0.5, 0.6) is 0 Å². The van der Waals surface area contributed by atoms with E-state index in [1.807, 2.05) is 0 Å². The van der Waals surface area contributed by atoms with Gasteiger partial charge in [-0.2, -0.15) is 13.2 Å². The summed E-state index contributed by atoms with van der Waals surface area (Å²) in [6, 6.07) is 5.95. The highest BCUT2D eigenvalue weighted by atomic mass is 19.4. The SMILES string of the molecule is CC(C)CN(CC1CCCN1)c1ccc(C(F)(F)F)cc1. The Balaban J connectivity index is 2.11. The third-order valence-electron chi connectivity index (χ3n) is 3.75.